The van der Waals surface area contributed by atoms with Gasteiger partial charge in [-0.25, -0.2) is 4.68 Å². The van der Waals surface area contributed by atoms with Crippen molar-refractivity contribution in [2.24, 2.45) is 13.0 Å². The maximum Gasteiger partial charge on any atom is 0.303 e. The first-order valence-electron chi connectivity index (χ1n) is 12.6. The Morgan fingerprint density at radius 2 is 1.51 bits per heavy atom. The lowest BCUT2D eigenvalue weighted by Crippen LogP contribution is -2.60. The molecule has 3 heterocycles. The standard InChI is InChI=1S/C30H26N4O3S2/c1-19(35)37-26(24-18-23-28(38-24)32-33-34(23)2)25-27(36)31-29(25)39-30(20-12-6-3-7-13-20,21-14-8-4-9-15-21)22-16-10-5-11-17-22/h3-18,25-26,29H,1-2H3,(H,31,36). The first kappa shape index (κ1) is 25.3. The number of benzene rings is 3. The van der Waals surface area contributed by atoms with Crippen molar-refractivity contribution in [3.63, 3.8) is 0 Å². The first-order chi connectivity index (χ1) is 19.0. The number of nitrogens with zero attached hydrogens (tertiary/aromatic N) is 3. The van der Waals surface area contributed by atoms with Gasteiger partial charge in [0.1, 0.15) is 5.92 Å². The second-order valence-corrected chi connectivity index (χ2v) is 11.9. The number of carbonyl (C=O) groups is 2. The van der Waals surface area contributed by atoms with Gasteiger partial charge in [0.15, 0.2) is 10.9 Å². The molecule has 0 bridgehead atoms. The van der Waals surface area contributed by atoms with E-state index in [1.54, 1.807) is 16.4 Å². The van der Waals surface area contributed by atoms with Gasteiger partial charge in [-0.05, 0) is 22.8 Å². The van der Waals surface area contributed by atoms with Crippen LogP contribution in [-0.2, 0) is 26.1 Å². The minimum atomic E-state index is -0.743. The lowest BCUT2D eigenvalue weighted by molar-refractivity contribution is -0.156. The fraction of sp³-hybridized carbons (Fsp3) is 0.200. The van der Waals surface area contributed by atoms with Crippen LogP contribution in [0.15, 0.2) is 97.1 Å². The topological polar surface area (TPSA) is 86.1 Å². The van der Waals surface area contributed by atoms with Gasteiger partial charge in [-0.15, -0.1) is 28.2 Å². The van der Waals surface area contributed by atoms with Gasteiger partial charge in [0.25, 0.3) is 0 Å². The van der Waals surface area contributed by atoms with Crippen molar-refractivity contribution in [2.45, 2.75) is 23.1 Å². The SMILES string of the molecule is CC(=O)OC(c1cc2c(nnn2C)s1)C1C(=O)NC1SC(c1ccccc1)(c1ccccc1)c1ccccc1. The number of hydrogen-bond donors (Lipinski definition) is 1. The predicted molar refractivity (Wildman–Crippen MR) is 153 cm³/mol. The summed E-state index contributed by atoms with van der Waals surface area (Å²) in [5.41, 5.74) is 4.11. The van der Waals surface area contributed by atoms with Gasteiger partial charge < -0.3 is 10.1 Å². The highest BCUT2D eigenvalue weighted by atomic mass is 32.2. The molecular formula is C30H26N4O3S2. The van der Waals surface area contributed by atoms with Crippen molar-refractivity contribution in [1.29, 1.82) is 0 Å². The van der Waals surface area contributed by atoms with Crippen LogP contribution >= 0.6 is 23.1 Å². The minimum absolute atomic E-state index is 0.148. The molecule has 1 saturated heterocycles. The molecule has 1 amide bonds. The molecule has 3 aromatic carbocycles. The summed E-state index contributed by atoms with van der Waals surface area (Å²) in [5.74, 6) is -1.17. The van der Waals surface area contributed by atoms with Crippen LogP contribution in [0.25, 0.3) is 10.3 Å². The maximum absolute atomic E-state index is 13.2. The van der Waals surface area contributed by atoms with Crippen LogP contribution in [0.4, 0.5) is 0 Å². The Balaban J connectivity index is 1.47. The molecule has 1 aliphatic heterocycles. The molecule has 1 fully saturated rings. The highest BCUT2D eigenvalue weighted by Crippen LogP contribution is 2.54. The Bertz CT molecular complexity index is 1520. The lowest BCUT2D eigenvalue weighted by atomic mass is 9.84. The molecule has 0 spiro atoms. The van der Waals surface area contributed by atoms with E-state index in [4.69, 9.17) is 4.74 Å². The summed E-state index contributed by atoms with van der Waals surface area (Å²) in [6, 6.07) is 32.9. The zero-order chi connectivity index (χ0) is 27.0. The van der Waals surface area contributed by atoms with Crippen molar-refractivity contribution in [3.8, 4) is 0 Å². The number of esters is 1. The van der Waals surface area contributed by atoms with Gasteiger partial charge in [-0.3, -0.25) is 9.59 Å². The van der Waals surface area contributed by atoms with E-state index in [1.165, 1.54) is 18.3 Å². The van der Waals surface area contributed by atoms with E-state index in [9.17, 15) is 9.59 Å². The zero-order valence-electron chi connectivity index (χ0n) is 21.4. The summed E-state index contributed by atoms with van der Waals surface area (Å²) in [5, 5.41) is 11.1. The van der Waals surface area contributed by atoms with Gasteiger partial charge in [0.2, 0.25) is 5.91 Å². The number of ether oxygens (including phenoxy) is 1. The molecule has 0 saturated carbocycles. The lowest BCUT2D eigenvalue weighted by Gasteiger charge is -2.46. The molecule has 3 atom stereocenters. The third-order valence-corrected chi connectivity index (χ3v) is 9.78. The molecule has 0 aliphatic carbocycles. The van der Waals surface area contributed by atoms with Gasteiger partial charge in [-0.1, -0.05) is 96.2 Å². The zero-order valence-corrected chi connectivity index (χ0v) is 23.0. The maximum atomic E-state index is 13.2. The van der Waals surface area contributed by atoms with Crippen LogP contribution in [-0.4, -0.2) is 32.2 Å². The Morgan fingerprint density at radius 1 is 0.974 bits per heavy atom. The minimum Gasteiger partial charge on any atom is -0.456 e. The molecule has 2 aromatic heterocycles. The van der Waals surface area contributed by atoms with E-state index < -0.39 is 22.7 Å². The van der Waals surface area contributed by atoms with E-state index in [2.05, 4.69) is 52.0 Å². The molecule has 1 aliphatic rings. The number of fused-ring (bicyclic) bond motifs is 1. The van der Waals surface area contributed by atoms with E-state index >= 15 is 0 Å². The summed E-state index contributed by atoms with van der Waals surface area (Å²) in [6.45, 7) is 1.38. The van der Waals surface area contributed by atoms with Crippen LogP contribution in [0.1, 0.15) is 34.6 Å². The third-order valence-electron chi connectivity index (χ3n) is 6.99. The molecule has 39 heavy (non-hydrogen) atoms. The molecule has 5 aromatic rings. The van der Waals surface area contributed by atoms with Gasteiger partial charge in [0, 0.05) is 14.0 Å². The van der Waals surface area contributed by atoms with Crippen molar-refractivity contribution in [3.05, 3.63) is 119 Å². The van der Waals surface area contributed by atoms with Crippen molar-refractivity contribution in [2.75, 3.05) is 0 Å². The summed E-state index contributed by atoms with van der Waals surface area (Å²) in [7, 11) is 1.81. The number of amides is 1. The number of hydrogen-bond acceptors (Lipinski definition) is 7. The molecule has 196 valence electrons. The number of rotatable bonds is 8. The first-order valence-corrected chi connectivity index (χ1v) is 14.3. The second kappa shape index (κ2) is 10.3. The van der Waals surface area contributed by atoms with Crippen LogP contribution in [0.3, 0.4) is 0 Å². The van der Waals surface area contributed by atoms with Crippen LogP contribution in [0.5, 0.6) is 0 Å². The number of aromatic nitrogens is 3. The molecule has 7 nitrogen and oxygen atoms in total. The fourth-order valence-corrected chi connectivity index (χ4v) is 8.02. The van der Waals surface area contributed by atoms with Crippen LogP contribution < -0.4 is 5.32 Å². The highest BCUT2D eigenvalue weighted by Gasteiger charge is 2.52. The number of β-lactam (4-membered cyclic amide) rings is 1. The van der Waals surface area contributed by atoms with E-state index in [1.807, 2.05) is 67.7 Å². The highest BCUT2D eigenvalue weighted by molar-refractivity contribution is 8.01. The number of nitrogens with one attached hydrogen (secondary N) is 1. The average Bonchev–Trinajstić information content (AvgIpc) is 3.53. The van der Waals surface area contributed by atoms with Gasteiger partial charge in [0.05, 0.1) is 20.5 Å². The molecule has 9 heteroatoms. The molecule has 0 radical (unpaired) electrons. The molecular weight excluding hydrogens is 528 g/mol. The molecule has 3 unspecified atom stereocenters. The molecule has 1 N–H and O–H groups in total. The normalized spacial score (nSPS) is 17.8. The quantitative estimate of drug-likeness (QED) is 0.156. The van der Waals surface area contributed by atoms with Crippen molar-refractivity contribution < 1.29 is 14.3 Å². The third kappa shape index (κ3) is 4.51. The summed E-state index contributed by atoms with van der Waals surface area (Å²) in [4.78, 5) is 27.0. The summed E-state index contributed by atoms with van der Waals surface area (Å²) in [6.07, 6.45) is -0.743. The average molecular weight is 555 g/mol. The van der Waals surface area contributed by atoms with Crippen LogP contribution in [0, 0.1) is 5.92 Å². The van der Waals surface area contributed by atoms with Gasteiger partial charge in [-0.2, -0.15) is 0 Å². The summed E-state index contributed by atoms with van der Waals surface area (Å²) >= 11 is 3.06. The number of thiophene rings is 1. The van der Waals surface area contributed by atoms with Crippen molar-refractivity contribution >= 4 is 45.3 Å². The smallest absolute Gasteiger partial charge is 0.303 e. The molecule has 6 rings (SSSR count). The Labute approximate surface area is 234 Å². The number of thioether (sulfide) groups is 1. The monoisotopic (exact) mass is 554 g/mol. The van der Waals surface area contributed by atoms with Gasteiger partial charge >= 0.3 is 5.97 Å². The number of aryl methyl sites for hydroxylation is 1. The summed E-state index contributed by atoms with van der Waals surface area (Å²) < 4.78 is 6.90. The van der Waals surface area contributed by atoms with E-state index in [0.29, 0.717) is 0 Å². The number of carbonyl (C=O) groups excluding carboxylic acids is 2. The van der Waals surface area contributed by atoms with E-state index in [0.717, 1.165) is 31.9 Å². The largest absolute Gasteiger partial charge is 0.456 e. The van der Waals surface area contributed by atoms with Crippen LogP contribution in [0.2, 0.25) is 0 Å². The Morgan fingerprint density at radius 3 is 1.97 bits per heavy atom. The second-order valence-electron chi connectivity index (χ2n) is 9.43. The van der Waals surface area contributed by atoms with E-state index in [-0.39, 0.29) is 11.3 Å². The predicted octanol–water partition coefficient (Wildman–Crippen LogP) is 5.43. The Hall–Kier alpha value is -3.95. The van der Waals surface area contributed by atoms with Crippen molar-refractivity contribution in [1.82, 2.24) is 20.3 Å². The Kier molecular flexibility index (Phi) is 6.70. The fourth-order valence-electron chi connectivity index (χ4n) is 5.16.